The number of carbonyl (C=O) groups is 3. The Kier molecular flexibility index (Phi) is 9.42. The van der Waals surface area contributed by atoms with Crippen LogP contribution < -0.4 is 5.32 Å². The van der Waals surface area contributed by atoms with Gasteiger partial charge in [0.1, 0.15) is 11.3 Å². The molecule has 0 bridgehead atoms. The number of phenolic OH excluding ortho intramolecular Hbond substituents is 1. The monoisotopic (exact) mass is 633 g/mol. The molecule has 0 spiro atoms. The number of carboxylic acid groups (broad SMARTS) is 1. The molecule has 248 valence electrons. The van der Waals surface area contributed by atoms with Gasteiger partial charge >= 0.3 is 12.1 Å². The molecule has 3 N–H and O–H groups in total. The van der Waals surface area contributed by atoms with Crippen LogP contribution in [0, 0.1) is 19.8 Å². The van der Waals surface area contributed by atoms with Crippen molar-refractivity contribution in [1.82, 2.24) is 19.6 Å². The van der Waals surface area contributed by atoms with Crippen LogP contribution in [0.15, 0.2) is 36.4 Å². The number of likely N-dealkylation sites (tertiary alicyclic amines) is 2. The van der Waals surface area contributed by atoms with E-state index < -0.39 is 11.6 Å². The molecule has 4 aliphatic rings. The van der Waals surface area contributed by atoms with Crippen LogP contribution >= 0.6 is 0 Å². The molecule has 2 aromatic carbocycles. The number of fused-ring (bicyclic) bond motifs is 1. The number of piperidine rings is 2. The number of carbonyl (C=O) groups excluding carboxylic acids is 2. The molecule has 4 amide bonds. The van der Waals surface area contributed by atoms with Crippen molar-refractivity contribution in [2.75, 3.05) is 64.3 Å². The SMILES string of the molecule is Cc1cc(C[C@](C(=O)N2CCC(N3CCOCC3)CC2)(C2CCN(C(=O)O)CC2)N2CCc3ccccc3NC2=O)cc(C)c1O. The number of aromatic hydroxyl groups is 1. The van der Waals surface area contributed by atoms with E-state index in [1.54, 1.807) is 4.90 Å². The Balaban J connectivity index is 1.40. The highest BCUT2D eigenvalue weighted by Crippen LogP contribution is 2.41. The largest absolute Gasteiger partial charge is 0.507 e. The topological polar surface area (TPSA) is 126 Å². The highest BCUT2D eigenvalue weighted by atomic mass is 16.5. The maximum atomic E-state index is 15.4. The van der Waals surface area contributed by atoms with Crippen LogP contribution in [0.4, 0.5) is 15.3 Å². The summed E-state index contributed by atoms with van der Waals surface area (Å²) < 4.78 is 5.57. The molecule has 0 aliphatic carbocycles. The minimum atomic E-state index is -1.25. The number of morpholine rings is 1. The molecule has 11 heteroatoms. The maximum absolute atomic E-state index is 15.4. The number of nitrogens with one attached hydrogen (secondary N) is 1. The number of para-hydroxylation sites is 1. The van der Waals surface area contributed by atoms with Gasteiger partial charge < -0.3 is 35.0 Å². The zero-order valence-corrected chi connectivity index (χ0v) is 27.0. The third-order valence-corrected chi connectivity index (χ3v) is 10.7. The summed E-state index contributed by atoms with van der Waals surface area (Å²) in [6.45, 7) is 9.13. The molecule has 1 atom stereocenters. The number of anilines is 1. The van der Waals surface area contributed by atoms with Gasteiger partial charge in [0.2, 0.25) is 5.91 Å². The van der Waals surface area contributed by atoms with Crippen molar-refractivity contribution in [1.29, 1.82) is 0 Å². The summed E-state index contributed by atoms with van der Waals surface area (Å²) in [5.74, 6) is -0.108. The van der Waals surface area contributed by atoms with Crippen LogP contribution in [0.5, 0.6) is 5.75 Å². The molecule has 46 heavy (non-hydrogen) atoms. The number of ether oxygens (including phenoxy) is 1. The number of nitrogens with zero attached hydrogens (tertiary/aromatic N) is 4. The van der Waals surface area contributed by atoms with Gasteiger partial charge in [-0.2, -0.15) is 0 Å². The average molecular weight is 634 g/mol. The summed E-state index contributed by atoms with van der Waals surface area (Å²) in [6.07, 6.45) is 2.55. The smallest absolute Gasteiger partial charge is 0.407 e. The summed E-state index contributed by atoms with van der Waals surface area (Å²) in [5, 5.41) is 23.5. The fourth-order valence-electron chi connectivity index (χ4n) is 8.24. The normalized spacial score (nSPS) is 21.7. The van der Waals surface area contributed by atoms with Gasteiger partial charge in [-0.1, -0.05) is 30.3 Å². The third kappa shape index (κ3) is 6.27. The molecule has 2 aromatic rings. The number of rotatable bonds is 6. The Bertz CT molecular complexity index is 1420. The number of urea groups is 1. The first-order valence-corrected chi connectivity index (χ1v) is 16.7. The fraction of sp³-hybridized carbons (Fsp3) is 0.571. The summed E-state index contributed by atoms with van der Waals surface area (Å²) in [5.41, 5.74) is 2.83. The van der Waals surface area contributed by atoms with E-state index >= 15 is 4.79 Å². The zero-order valence-electron chi connectivity index (χ0n) is 27.0. The van der Waals surface area contributed by atoms with Crippen molar-refractivity contribution in [2.45, 2.75) is 64.0 Å². The van der Waals surface area contributed by atoms with Crippen molar-refractivity contribution < 1.29 is 29.3 Å². The van der Waals surface area contributed by atoms with Crippen LogP contribution in [0.25, 0.3) is 0 Å². The lowest BCUT2D eigenvalue weighted by atomic mass is 9.71. The number of amides is 4. The van der Waals surface area contributed by atoms with Gasteiger partial charge in [-0.05, 0) is 80.2 Å². The van der Waals surface area contributed by atoms with Crippen LogP contribution in [0.2, 0.25) is 0 Å². The molecule has 0 unspecified atom stereocenters. The molecule has 0 saturated carbocycles. The van der Waals surface area contributed by atoms with Crippen molar-refractivity contribution in [3.8, 4) is 5.75 Å². The Hall–Kier alpha value is -3.83. The standard InChI is InChI=1S/C35H47N5O6/c1-24-21-26(22-25(2)31(24)41)23-35(28-8-12-39(13-9-28)34(44)45,40-16-7-27-5-3-4-6-30(27)36-33(40)43)32(42)38-14-10-29(11-15-38)37-17-19-46-20-18-37/h3-6,21-22,28-29,41H,7-20,23H2,1-2H3,(H,36,43)(H,44,45)/t35-/m1/s1. The van der Waals surface area contributed by atoms with Crippen molar-refractivity contribution >= 4 is 23.7 Å². The van der Waals surface area contributed by atoms with E-state index in [0.717, 1.165) is 67.1 Å². The number of phenols is 1. The van der Waals surface area contributed by atoms with E-state index in [1.165, 1.54) is 4.90 Å². The molecule has 0 aromatic heterocycles. The van der Waals surface area contributed by atoms with Crippen molar-refractivity contribution in [3.63, 3.8) is 0 Å². The number of hydrogen-bond acceptors (Lipinski definition) is 6. The minimum absolute atomic E-state index is 0.0637. The lowest BCUT2D eigenvalue weighted by Crippen LogP contribution is -2.69. The minimum Gasteiger partial charge on any atom is -0.507 e. The number of aryl methyl sites for hydroxylation is 2. The Morgan fingerprint density at radius 1 is 0.913 bits per heavy atom. The molecular weight excluding hydrogens is 586 g/mol. The van der Waals surface area contributed by atoms with Gasteiger partial charge in [0, 0.05) is 64.0 Å². The lowest BCUT2D eigenvalue weighted by molar-refractivity contribution is -0.150. The van der Waals surface area contributed by atoms with Crippen molar-refractivity contribution in [2.24, 2.45) is 5.92 Å². The average Bonchev–Trinajstić information content (AvgIpc) is 3.24. The first kappa shape index (κ1) is 32.1. The van der Waals surface area contributed by atoms with E-state index in [2.05, 4.69) is 10.2 Å². The highest BCUT2D eigenvalue weighted by molar-refractivity contribution is 5.97. The van der Waals surface area contributed by atoms with Crippen LogP contribution in [0.1, 0.15) is 47.9 Å². The zero-order chi connectivity index (χ0) is 32.4. The van der Waals surface area contributed by atoms with E-state index in [4.69, 9.17) is 4.74 Å². The second-order valence-corrected chi connectivity index (χ2v) is 13.4. The highest BCUT2D eigenvalue weighted by Gasteiger charge is 2.55. The molecule has 3 saturated heterocycles. The second kappa shape index (κ2) is 13.5. The molecule has 4 aliphatic heterocycles. The van der Waals surface area contributed by atoms with Gasteiger partial charge in [-0.3, -0.25) is 9.69 Å². The first-order chi connectivity index (χ1) is 22.2. The van der Waals surface area contributed by atoms with E-state index in [9.17, 15) is 19.8 Å². The fourth-order valence-corrected chi connectivity index (χ4v) is 8.24. The first-order valence-electron chi connectivity index (χ1n) is 16.7. The summed E-state index contributed by atoms with van der Waals surface area (Å²) in [4.78, 5) is 49.3. The summed E-state index contributed by atoms with van der Waals surface area (Å²) in [6, 6.07) is 11.7. The quantitative estimate of drug-likeness (QED) is 0.438. The predicted molar refractivity (Wildman–Crippen MR) is 174 cm³/mol. The Morgan fingerprint density at radius 3 is 2.20 bits per heavy atom. The van der Waals surface area contributed by atoms with Gasteiger partial charge in [-0.15, -0.1) is 0 Å². The van der Waals surface area contributed by atoms with Gasteiger partial charge in [-0.25, -0.2) is 9.59 Å². The third-order valence-electron chi connectivity index (χ3n) is 10.7. The second-order valence-electron chi connectivity index (χ2n) is 13.4. The van der Waals surface area contributed by atoms with E-state index in [-0.39, 0.29) is 30.0 Å². The lowest BCUT2D eigenvalue weighted by Gasteiger charge is -2.52. The van der Waals surface area contributed by atoms with Crippen LogP contribution in [-0.2, 0) is 22.4 Å². The van der Waals surface area contributed by atoms with Gasteiger partial charge in [0.25, 0.3) is 0 Å². The maximum Gasteiger partial charge on any atom is 0.407 e. The van der Waals surface area contributed by atoms with E-state index in [1.807, 2.05) is 55.1 Å². The number of hydrogen-bond donors (Lipinski definition) is 3. The predicted octanol–water partition coefficient (Wildman–Crippen LogP) is 4.09. The molecule has 0 radical (unpaired) electrons. The molecule has 6 rings (SSSR count). The van der Waals surface area contributed by atoms with Crippen molar-refractivity contribution in [3.05, 3.63) is 58.7 Å². The van der Waals surface area contributed by atoms with E-state index in [0.29, 0.717) is 58.0 Å². The summed E-state index contributed by atoms with van der Waals surface area (Å²) in [7, 11) is 0. The summed E-state index contributed by atoms with van der Waals surface area (Å²) >= 11 is 0. The molecule has 11 nitrogen and oxygen atoms in total. The Labute approximate surface area is 271 Å². The van der Waals surface area contributed by atoms with Gasteiger partial charge in [0.05, 0.1) is 13.2 Å². The van der Waals surface area contributed by atoms with Crippen LogP contribution in [0.3, 0.4) is 0 Å². The molecule has 4 heterocycles. The number of benzene rings is 2. The van der Waals surface area contributed by atoms with Gasteiger partial charge in [0.15, 0.2) is 0 Å². The molecular formula is C35H47N5O6. The molecule has 3 fully saturated rings. The Morgan fingerprint density at radius 2 is 1.54 bits per heavy atom. The van der Waals surface area contributed by atoms with Crippen LogP contribution in [-0.4, -0.2) is 118 Å².